The SMILES string of the molecule is CC(C)(C)[Si](C)(C)OCCN1CCC[C@@H](Nc2nc3nc(Cl)cnc3o2)C1. The van der Waals surface area contributed by atoms with E-state index in [4.69, 9.17) is 20.4 Å². The molecule has 2 aromatic rings. The Labute approximate surface area is 167 Å². The van der Waals surface area contributed by atoms with Crippen LogP contribution < -0.4 is 5.32 Å². The summed E-state index contributed by atoms with van der Waals surface area (Å²) in [5.74, 6) is 0. The zero-order valence-corrected chi connectivity index (χ0v) is 18.6. The number of hydrogen-bond donors (Lipinski definition) is 1. The smallest absolute Gasteiger partial charge is 0.298 e. The summed E-state index contributed by atoms with van der Waals surface area (Å²) in [4.78, 5) is 15.0. The van der Waals surface area contributed by atoms with Crippen LogP contribution in [-0.2, 0) is 4.43 Å². The summed E-state index contributed by atoms with van der Waals surface area (Å²) in [6, 6.07) is 0.742. The molecule has 0 amide bonds. The van der Waals surface area contributed by atoms with Crippen LogP contribution in [0.2, 0.25) is 23.3 Å². The van der Waals surface area contributed by atoms with Crippen molar-refractivity contribution in [1.82, 2.24) is 19.9 Å². The maximum Gasteiger partial charge on any atom is 0.298 e. The summed E-state index contributed by atoms with van der Waals surface area (Å²) in [7, 11) is -1.68. The van der Waals surface area contributed by atoms with E-state index in [0.29, 0.717) is 22.5 Å². The lowest BCUT2D eigenvalue weighted by Crippen LogP contribution is -2.46. The van der Waals surface area contributed by atoms with Gasteiger partial charge in [0.05, 0.1) is 6.20 Å². The van der Waals surface area contributed by atoms with E-state index in [-0.39, 0.29) is 11.1 Å². The lowest BCUT2D eigenvalue weighted by Gasteiger charge is -2.38. The summed E-state index contributed by atoms with van der Waals surface area (Å²) >= 11 is 5.86. The van der Waals surface area contributed by atoms with Crippen LogP contribution in [-0.4, -0.2) is 60.5 Å². The molecule has 3 rings (SSSR count). The van der Waals surface area contributed by atoms with Gasteiger partial charge in [-0.05, 0) is 37.5 Å². The normalized spacial score (nSPS) is 19.6. The Morgan fingerprint density at radius 1 is 1.37 bits per heavy atom. The van der Waals surface area contributed by atoms with Crippen LogP contribution in [0.15, 0.2) is 10.6 Å². The first-order valence-electron chi connectivity index (χ1n) is 9.56. The van der Waals surface area contributed by atoms with Crippen LogP contribution in [0, 0.1) is 0 Å². The van der Waals surface area contributed by atoms with Crippen molar-refractivity contribution in [2.24, 2.45) is 0 Å². The molecule has 27 heavy (non-hydrogen) atoms. The molecule has 0 aromatic carbocycles. The summed E-state index contributed by atoms with van der Waals surface area (Å²) in [6.07, 6.45) is 3.68. The van der Waals surface area contributed by atoms with Gasteiger partial charge in [0.2, 0.25) is 5.65 Å². The number of rotatable bonds is 6. The third kappa shape index (κ3) is 5.19. The molecule has 3 heterocycles. The maximum absolute atomic E-state index is 6.32. The molecular weight excluding hydrogens is 382 g/mol. The third-order valence-corrected chi connectivity index (χ3v) is 10.3. The van der Waals surface area contributed by atoms with Gasteiger partial charge in [-0.3, -0.25) is 4.90 Å². The largest absolute Gasteiger partial charge is 0.416 e. The van der Waals surface area contributed by atoms with E-state index in [1.807, 2.05) is 0 Å². The van der Waals surface area contributed by atoms with Crippen molar-refractivity contribution in [1.29, 1.82) is 0 Å². The van der Waals surface area contributed by atoms with E-state index in [1.54, 1.807) is 0 Å². The number of piperidine rings is 1. The Balaban J connectivity index is 1.51. The number of nitrogens with zero attached hydrogens (tertiary/aromatic N) is 4. The Hall–Kier alpha value is -1.22. The minimum absolute atomic E-state index is 0.247. The summed E-state index contributed by atoms with van der Waals surface area (Å²) in [5.41, 5.74) is 0.831. The van der Waals surface area contributed by atoms with Crippen LogP contribution >= 0.6 is 11.6 Å². The van der Waals surface area contributed by atoms with Gasteiger partial charge in [-0.25, -0.2) is 9.97 Å². The van der Waals surface area contributed by atoms with Crippen LogP contribution in [0.25, 0.3) is 11.4 Å². The lowest BCUT2D eigenvalue weighted by atomic mass is 10.1. The molecule has 0 radical (unpaired) electrons. The number of aromatic nitrogens is 3. The van der Waals surface area contributed by atoms with E-state index in [0.717, 1.165) is 39.1 Å². The molecule has 0 saturated carbocycles. The number of oxazole rings is 1. The number of nitrogens with one attached hydrogen (secondary N) is 1. The molecule has 0 aliphatic carbocycles. The fraction of sp³-hybridized carbons (Fsp3) is 0.722. The molecule has 1 N–H and O–H groups in total. The summed E-state index contributed by atoms with van der Waals surface area (Å²) in [6.45, 7) is 15.2. The van der Waals surface area contributed by atoms with Crippen molar-refractivity contribution in [3.05, 3.63) is 11.3 Å². The second-order valence-electron chi connectivity index (χ2n) is 8.73. The van der Waals surface area contributed by atoms with Crippen LogP contribution in [0.3, 0.4) is 0 Å². The number of halogens is 1. The van der Waals surface area contributed by atoms with Crippen molar-refractivity contribution < 1.29 is 8.84 Å². The van der Waals surface area contributed by atoms with Gasteiger partial charge in [0.1, 0.15) is 5.15 Å². The van der Waals surface area contributed by atoms with Crippen molar-refractivity contribution in [3.63, 3.8) is 0 Å². The first-order chi connectivity index (χ1) is 12.6. The average Bonchev–Trinajstić information content (AvgIpc) is 2.95. The molecule has 9 heteroatoms. The standard InChI is InChI=1S/C18H30ClN5O2Si/c1-18(2,3)27(4,5)25-10-9-24-8-6-7-13(12-24)21-17-23-15-16(26-17)20-11-14(19)22-15/h11,13H,6-10,12H2,1-5H3,(H,21,22,23)/t13-/m1/s1. The first-order valence-corrected chi connectivity index (χ1v) is 12.8. The molecule has 2 aromatic heterocycles. The molecule has 7 nitrogen and oxygen atoms in total. The van der Waals surface area contributed by atoms with E-state index in [1.165, 1.54) is 6.20 Å². The van der Waals surface area contributed by atoms with Gasteiger partial charge >= 0.3 is 0 Å². The quantitative estimate of drug-likeness (QED) is 0.714. The minimum Gasteiger partial charge on any atom is -0.416 e. The van der Waals surface area contributed by atoms with Crippen molar-refractivity contribution in [2.75, 3.05) is 31.6 Å². The highest BCUT2D eigenvalue weighted by Crippen LogP contribution is 2.36. The summed E-state index contributed by atoms with van der Waals surface area (Å²) in [5, 5.41) is 3.94. The topological polar surface area (TPSA) is 76.3 Å². The van der Waals surface area contributed by atoms with Crippen LogP contribution in [0.1, 0.15) is 33.6 Å². The fourth-order valence-corrected chi connectivity index (χ4v) is 4.13. The zero-order valence-electron chi connectivity index (χ0n) is 16.9. The monoisotopic (exact) mass is 411 g/mol. The van der Waals surface area contributed by atoms with E-state index in [9.17, 15) is 0 Å². The molecule has 150 valence electrons. The Morgan fingerprint density at radius 3 is 2.89 bits per heavy atom. The number of anilines is 1. The van der Waals surface area contributed by atoms with Crippen molar-refractivity contribution in [3.8, 4) is 0 Å². The van der Waals surface area contributed by atoms with Crippen molar-refractivity contribution >= 4 is 37.3 Å². The Morgan fingerprint density at radius 2 is 2.15 bits per heavy atom. The zero-order chi connectivity index (χ0) is 19.7. The van der Waals surface area contributed by atoms with E-state index < -0.39 is 8.32 Å². The molecule has 1 atom stereocenters. The van der Waals surface area contributed by atoms with E-state index in [2.05, 4.69) is 59.0 Å². The van der Waals surface area contributed by atoms with Crippen molar-refractivity contribution in [2.45, 2.75) is 57.8 Å². The van der Waals surface area contributed by atoms with Gasteiger partial charge in [0.25, 0.3) is 11.7 Å². The molecule has 1 saturated heterocycles. The molecule has 1 aliphatic rings. The average molecular weight is 412 g/mol. The highest BCUT2D eigenvalue weighted by Gasteiger charge is 2.37. The predicted octanol–water partition coefficient (Wildman–Crippen LogP) is 4.17. The van der Waals surface area contributed by atoms with Gasteiger partial charge in [-0.15, -0.1) is 0 Å². The Kier molecular flexibility index (Phi) is 6.10. The summed E-state index contributed by atoms with van der Waals surface area (Å²) < 4.78 is 12.0. The van der Waals surface area contributed by atoms with E-state index >= 15 is 0 Å². The van der Waals surface area contributed by atoms with Gasteiger partial charge in [0, 0.05) is 25.7 Å². The van der Waals surface area contributed by atoms with Gasteiger partial charge < -0.3 is 14.2 Å². The molecule has 1 fully saturated rings. The third-order valence-electron chi connectivity index (χ3n) is 5.60. The lowest BCUT2D eigenvalue weighted by molar-refractivity contribution is 0.168. The van der Waals surface area contributed by atoms with Gasteiger partial charge in [0.15, 0.2) is 8.32 Å². The minimum atomic E-state index is -1.68. The highest BCUT2D eigenvalue weighted by molar-refractivity contribution is 6.74. The molecule has 0 spiro atoms. The number of likely N-dealkylation sites (tertiary alicyclic amines) is 1. The Bertz CT molecular complexity index is 777. The predicted molar refractivity (Wildman–Crippen MR) is 111 cm³/mol. The van der Waals surface area contributed by atoms with Crippen LogP contribution in [0.4, 0.5) is 6.01 Å². The molecule has 1 aliphatic heterocycles. The fourth-order valence-electron chi connectivity index (χ4n) is 2.96. The van der Waals surface area contributed by atoms with Gasteiger partial charge in [-0.2, -0.15) is 4.98 Å². The maximum atomic E-state index is 6.32. The molecular formula is C18H30ClN5O2Si. The second kappa shape index (κ2) is 8.03. The number of fused-ring (bicyclic) bond motifs is 1. The molecule has 0 unspecified atom stereocenters. The highest BCUT2D eigenvalue weighted by atomic mass is 35.5. The number of hydrogen-bond acceptors (Lipinski definition) is 7. The first kappa shape index (κ1) is 20.5. The van der Waals surface area contributed by atoms with Crippen LogP contribution in [0.5, 0.6) is 0 Å². The van der Waals surface area contributed by atoms with Gasteiger partial charge in [-0.1, -0.05) is 32.4 Å². The second-order valence-corrected chi connectivity index (χ2v) is 13.9. The molecule has 0 bridgehead atoms.